The predicted octanol–water partition coefficient (Wildman–Crippen LogP) is 2.78. The van der Waals surface area contributed by atoms with Crippen LogP contribution in [0, 0.1) is 6.92 Å². The molecule has 1 heterocycles. The Morgan fingerprint density at radius 1 is 1.35 bits per heavy atom. The Labute approximate surface area is 142 Å². The van der Waals surface area contributed by atoms with Crippen LogP contribution in [0.1, 0.15) is 35.9 Å². The third kappa shape index (κ3) is 4.71. The molecule has 0 saturated carbocycles. The van der Waals surface area contributed by atoms with Crippen LogP contribution in [0.2, 0.25) is 0 Å². The number of rotatable bonds is 6. The third-order valence-electron chi connectivity index (χ3n) is 3.28. The van der Waals surface area contributed by atoms with Crippen molar-refractivity contribution in [2.45, 2.75) is 26.8 Å². The number of anilines is 1. The second-order valence-corrected chi connectivity index (χ2v) is 5.30. The molecule has 2 aromatic rings. The van der Waals surface area contributed by atoms with Crippen LogP contribution in [0.15, 0.2) is 30.5 Å². The fourth-order valence-corrected chi connectivity index (χ4v) is 2.18. The maximum absolute atomic E-state index is 12.3. The van der Waals surface area contributed by atoms with Gasteiger partial charge >= 0.3 is 0 Å². The summed E-state index contributed by atoms with van der Waals surface area (Å²) in [5, 5.41) is 7.11. The smallest absolute Gasteiger partial charge is 0.259 e. The first-order valence-corrected chi connectivity index (χ1v) is 7.31. The first-order chi connectivity index (χ1) is 10.5. The first-order valence-electron chi connectivity index (χ1n) is 7.31. The minimum absolute atomic E-state index is 0. The lowest BCUT2D eigenvalue weighted by Crippen LogP contribution is -2.14. The number of nitrogens with zero attached hydrogens (tertiary/aromatic N) is 2. The Morgan fingerprint density at radius 2 is 2.00 bits per heavy atom. The standard InChI is InChI=1S/C16H22N4O2.ClH/c1-11(2)20-12(3)15(10-18-20)16(21)19-13-4-6-14(7-5-13)22-9-8-17;/h4-7,10-11H,8-9,17H2,1-3H3,(H,19,21);1H. The summed E-state index contributed by atoms with van der Waals surface area (Å²) in [5.41, 5.74) is 7.53. The molecule has 1 amide bonds. The molecule has 0 aliphatic heterocycles. The molecule has 0 atom stereocenters. The van der Waals surface area contributed by atoms with E-state index in [0.717, 1.165) is 11.4 Å². The molecule has 6 nitrogen and oxygen atoms in total. The van der Waals surface area contributed by atoms with Gasteiger partial charge in [-0.1, -0.05) is 0 Å². The molecule has 0 aliphatic rings. The van der Waals surface area contributed by atoms with Crippen molar-refractivity contribution in [3.63, 3.8) is 0 Å². The molecule has 0 aliphatic carbocycles. The zero-order valence-electron chi connectivity index (χ0n) is 13.6. The number of nitrogens with two attached hydrogens (primary N) is 1. The Hall–Kier alpha value is -2.05. The van der Waals surface area contributed by atoms with E-state index in [1.54, 1.807) is 30.5 Å². The number of hydrogen-bond donors (Lipinski definition) is 2. The molecule has 7 heteroatoms. The molecule has 3 N–H and O–H groups in total. The van der Waals surface area contributed by atoms with Crippen LogP contribution >= 0.6 is 12.4 Å². The molecule has 23 heavy (non-hydrogen) atoms. The van der Waals surface area contributed by atoms with Crippen LogP contribution < -0.4 is 15.8 Å². The van der Waals surface area contributed by atoms with Gasteiger partial charge in [0.25, 0.3) is 5.91 Å². The summed E-state index contributed by atoms with van der Waals surface area (Å²) < 4.78 is 7.23. The first kappa shape index (κ1) is 19.0. The van der Waals surface area contributed by atoms with E-state index in [2.05, 4.69) is 10.4 Å². The number of aromatic nitrogens is 2. The van der Waals surface area contributed by atoms with Gasteiger partial charge in [-0.15, -0.1) is 12.4 Å². The lowest BCUT2D eigenvalue weighted by atomic mass is 10.2. The zero-order valence-corrected chi connectivity index (χ0v) is 14.4. The molecule has 0 spiro atoms. The van der Waals surface area contributed by atoms with E-state index in [9.17, 15) is 4.79 Å². The molecule has 0 fully saturated rings. The van der Waals surface area contributed by atoms with Crippen LogP contribution in [0.5, 0.6) is 5.75 Å². The van der Waals surface area contributed by atoms with Crippen LogP contribution in [-0.2, 0) is 0 Å². The van der Waals surface area contributed by atoms with E-state index in [-0.39, 0.29) is 24.4 Å². The van der Waals surface area contributed by atoms with Gasteiger partial charge in [-0.3, -0.25) is 9.48 Å². The lowest BCUT2D eigenvalue weighted by molar-refractivity contribution is 0.102. The van der Waals surface area contributed by atoms with Crippen LogP contribution in [0.25, 0.3) is 0 Å². The summed E-state index contributed by atoms with van der Waals surface area (Å²) >= 11 is 0. The zero-order chi connectivity index (χ0) is 16.1. The molecule has 0 radical (unpaired) electrons. The van der Waals surface area contributed by atoms with Gasteiger partial charge in [-0.25, -0.2) is 0 Å². The number of nitrogens with one attached hydrogen (secondary N) is 1. The summed E-state index contributed by atoms with van der Waals surface area (Å²) in [6.45, 7) is 6.89. The third-order valence-corrected chi connectivity index (χ3v) is 3.28. The molecule has 126 valence electrons. The van der Waals surface area contributed by atoms with Gasteiger partial charge in [0.15, 0.2) is 0 Å². The number of ether oxygens (including phenoxy) is 1. The topological polar surface area (TPSA) is 82.2 Å². The number of halogens is 1. The van der Waals surface area contributed by atoms with E-state index in [1.165, 1.54) is 0 Å². The fraction of sp³-hybridized carbons (Fsp3) is 0.375. The summed E-state index contributed by atoms with van der Waals surface area (Å²) in [5.74, 6) is 0.562. The minimum Gasteiger partial charge on any atom is -0.492 e. The maximum atomic E-state index is 12.3. The number of hydrogen-bond acceptors (Lipinski definition) is 4. The van der Waals surface area contributed by atoms with Crippen molar-refractivity contribution in [2.75, 3.05) is 18.5 Å². The maximum Gasteiger partial charge on any atom is 0.259 e. The van der Waals surface area contributed by atoms with E-state index >= 15 is 0 Å². The summed E-state index contributed by atoms with van der Waals surface area (Å²) in [6, 6.07) is 7.42. The molecule has 2 rings (SSSR count). The van der Waals surface area contributed by atoms with Crippen LogP contribution in [-0.4, -0.2) is 28.8 Å². The Morgan fingerprint density at radius 3 is 2.52 bits per heavy atom. The second-order valence-electron chi connectivity index (χ2n) is 5.30. The predicted molar refractivity (Wildman–Crippen MR) is 93.5 cm³/mol. The molecular weight excluding hydrogens is 316 g/mol. The highest BCUT2D eigenvalue weighted by Gasteiger charge is 2.15. The molecule has 0 bridgehead atoms. The SMILES string of the molecule is Cc1c(C(=O)Nc2ccc(OCCN)cc2)cnn1C(C)C.Cl. The van der Waals surface area contributed by atoms with Crippen molar-refractivity contribution in [2.24, 2.45) is 5.73 Å². The van der Waals surface area contributed by atoms with E-state index < -0.39 is 0 Å². The molecule has 1 aromatic carbocycles. The van der Waals surface area contributed by atoms with Gasteiger partial charge < -0.3 is 15.8 Å². The summed E-state index contributed by atoms with van der Waals surface area (Å²) in [7, 11) is 0. The summed E-state index contributed by atoms with van der Waals surface area (Å²) in [4.78, 5) is 12.3. The highest BCUT2D eigenvalue weighted by atomic mass is 35.5. The van der Waals surface area contributed by atoms with E-state index in [1.807, 2.05) is 25.5 Å². The highest BCUT2D eigenvalue weighted by molar-refractivity contribution is 6.04. The van der Waals surface area contributed by atoms with E-state index in [4.69, 9.17) is 10.5 Å². The van der Waals surface area contributed by atoms with Gasteiger partial charge in [0, 0.05) is 24.0 Å². The van der Waals surface area contributed by atoms with Gasteiger partial charge in [0.2, 0.25) is 0 Å². The van der Waals surface area contributed by atoms with Crippen molar-refractivity contribution in [1.29, 1.82) is 0 Å². The average Bonchev–Trinajstić information content (AvgIpc) is 2.88. The Balaban J connectivity index is 0.00000264. The van der Waals surface area contributed by atoms with Gasteiger partial charge in [-0.2, -0.15) is 5.10 Å². The fourth-order valence-electron chi connectivity index (χ4n) is 2.18. The Kier molecular flexibility index (Phi) is 7.06. The Bertz CT molecular complexity index is 638. The average molecular weight is 339 g/mol. The van der Waals surface area contributed by atoms with Crippen molar-refractivity contribution in [3.05, 3.63) is 41.7 Å². The minimum atomic E-state index is -0.167. The molecule has 0 unspecified atom stereocenters. The number of carbonyl (C=O) groups is 1. The van der Waals surface area contributed by atoms with Crippen LogP contribution in [0.3, 0.4) is 0 Å². The van der Waals surface area contributed by atoms with Crippen molar-refractivity contribution < 1.29 is 9.53 Å². The highest BCUT2D eigenvalue weighted by Crippen LogP contribution is 2.18. The quantitative estimate of drug-likeness (QED) is 0.848. The van der Waals surface area contributed by atoms with Crippen molar-refractivity contribution in [3.8, 4) is 5.75 Å². The van der Waals surface area contributed by atoms with Crippen LogP contribution in [0.4, 0.5) is 5.69 Å². The number of benzene rings is 1. The number of amides is 1. The van der Waals surface area contributed by atoms with Crippen molar-refractivity contribution >= 4 is 24.0 Å². The normalized spacial score (nSPS) is 10.3. The monoisotopic (exact) mass is 338 g/mol. The van der Waals surface area contributed by atoms with Gasteiger partial charge in [-0.05, 0) is 45.0 Å². The largest absolute Gasteiger partial charge is 0.492 e. The van der Waals surface area contributed by atoms with Crippen molar-refractivity contribution in [1.82, 2.24) is 9.78 Å². The van der Waals surface area contributed by atoms with E-state index in [0.29, 0.717) is 24.4 Å². The van der Waals surface area contributed by atoms with Gasteiger partial charge in [0.05, 0.1) is 11.8 Å². The summed E-state index contributed by atoms with van der Waals surface area (Å²) in [6.07, 6.45) is 1.60. The lowest BCUT2D eigenvalue weighted by Gasteiger charge is -2.09. The molecule has 0 saturated heterocycles. The molecular formula is C16H23ClN4O2. The second kappa shape index (κ2) is 8.55. The van der Waals surface area contributed by atoms with Gasteiger partial charge in [0.1, 0.15) is 12.4 Å². The molecule has 1 aromatic heterocycles. The number of carbonyl (C=O) groups excluding carboxylic acids is 1.